The molecular weight excluding hydrogens is 233 g/mol. The van der Waals surface area contributed by atoms with Crippen molar-refractivity contribution < 1.29 is 13.2 Å². The summed E-state index contributed by atoms with van der Waals surface area (Å²) in [4.78, 5) is 0. The number of piperidine rings is 1. The van der Waals surface area contributed by atoms with Crippen molar-refractivity contribution in [1.82, 2.24) is 15.1 Å². The van der Waals surface area contributed by atoms with Crippen molar-refractivity contribution in [1.29, 1.82) is 0 Å². The Balaban J connectivity index is 2.07. The summed E-state index contributed by atoms with van der Waals surface area (Å²) in [6, 6.07) is 0.885. The summed E-state index contributed by atoms with van der Waals surface area (Å²) in [7, 11) is 0. The van der Waals surface area contributed by atoms with Crippen molar-refractivity contribution >= 4 is 5.82 Å². The molecule has 1 aliphatic heterocycles. The van der Waals surface area contributed by atoms with Crippen LogP contribution < -0.4 is 11.1 Å². The number of alkyl halides is 3. The highest BCUT2D eigenvalue weighted by atomic mass is 19.4. The van der Waals surface area contributed by atoms with Gasteiger partial charge in [-0.3, -0.25) is 0 Å². The number of anilines is 1. The van der Waals surface area contributed by atoms with Crippen LogP contribution in [0.5, 0.6) is 0 Å². The molecule has 0 aromatic carbocycles. The normalized spacial score (nSPS) is 21.7. The van der Waals surface area contributed by atoms with Gasteiger partial charge in [0.1, 0.15) is 5.82 Å². The Hall–Kier alpha value is -1.24. The van der Waals surface area contributed by atoms with Gasteiger partial charge in [0, 0.05) is 12.6 Å². The molecule has 1 aromatic heterocycles. The van der Waals surface area contributed by atoms with E-state index in [4.69, 9.17) is 5.73 Å². The highest BCUT2D eigenvalue weighted by Crippen LogP contribution is 2.29. The van der Waals surface area contributed by atoms with Crippen molar-refractivity contribution in [3.8, 4) is 0 Å². The van der Waals surface area contributed by atoms with E-state index < -0.39 is 11.9 Å². The Morgan fingerprint density at radius 3 is 2.82 bits per heavy atom. The van der Waals surface area contributed by atoms with E-state index in [2.05, 4.69) is 10.4 Å². The zero-order valence-corrected chi connectivity index (χ0v) is 9.30. The molecule has 1 aromatic rings. The molecule has 0 radical (unpaired) electrons. The number of nitrogens with zero attached hydrogens (tertiary/aromatic N) is 2. The van der Waals surface area contributed by atoms with Crippen LogP contribution in [0.25, 0.3) is 0 Å². The molecule has 1 atom stereocenters. The molecule has 0 spiro atoms. The lowest BCUT2D eigenvalue weighted by Crippen LogP contribution is -2.32. The van der Waals surface area contributed by atoms with Crippen molar-refractivity contribution in [3.05, 3.63) is 11.8 Å². The summed E-state index contributed by atoms with van der Waals surface area (Å²) in [5, 5.41) is 6.72. The number of nitrogens with two attached hydrogens (primary N) is 1. The standard InChI is InChI=1S/C10H15F3N4/c11-10(12,13)8-4-9(14)17(16-8)6-7-2-1-3-15-5-7/h4,7,15H,1-3,5-6,14H2. The maximum absolute atomic E-state index is 12.4. The fourth-order valence-electron chi connectivity index (χ4n) is 2.04. The van der Waals surface area contributed by atoms with Crippen LogP contribution in [0.4, 0.5) is 19.0 Å². The summed E-state index contributed by atoms with van der Waals surface area (Å²) in [5.41, 5.74) is 4.62. The number of hydrogen-bond donors (Lipinski definition) is 2. The molecule has 0 bridgehead atoms. The van der Waals surface area contributed by atoms with E-state index in [1.807, 2.05) is 0 Å². The fraction of sp³-hybridized carbons (Fsp3) is 0.700. The minimum absolute atomic E-state index is 0.0721. The molecule has 1 unspecified atom stereocenters. The Labute approximate surface area is 97.0 Å². The summed E-state index contributed by atoms with van der Waals surface area (Å²) in [6.07, 6.45) is -2.39. The minimum Gasteiger partial charge on any atom is -0.384 e. The second-order valence-corrected chi connectivity index (χ2v) is 4.35. The second kappa shape index (κ2) is 4.56. The highest BCUT2D eigenvalue weighted by Gasteiger charge is 2.34. The van der Waals surface area contributed by atoms with Crippen LogP contribution in [0.15, 0.2) is 6.07 Å². The van der Waals surface area contributed by atoms with Gasteiger partial charge in [0.2, 0.25) is 0 Å². The molecule has 2 heterocycles. The van der Waals surface area contributed by atoms with Gasteiger partial charge in [-0.1, -0.05) is 0 Å². The number of halogens is 3. The lowest BCUT2D eigenvalue weighted by atomic mass is 10.00. The molecule has 17 heavy (non-hydrogen) atoms. The quantitative estimate of drug-likeness (QED) is 0.833. The molecule has 7 heteroatoms. The predicted octanol–water partition coefficient (Wildman–Crippen LogP) is 1.48. The average molecular weight is 248 g/mol. The lowest BCUT2D eigenvalue weighted by Gasteiger charge is -2.22. The molecule has 1 aliphatic rings. The zero-order chi connectivity index (χ0) is 12.5. The highest BCUT2D eigenvalue weighted by molar-refractivity contribution is 5.32. The Kier molecular flexibility index (Phi) is 3.28. The monoisotopic (exact) mass is 248 g/mol. The van der Waals surface area contributed by atoms with Crippen LogP contribution in [0.1, 0.15) is 18.5 Å². The van der Waals surface area contributed by atoms with Crippen LogP contribution in [-0.4, -0.2) is 22.9 Å². The molecule has 2 rings (SSSR count). The van der Waals surface area contributed by atoms with Gasteiger partial charge >= 0.3 is 6.18 Å². The zero-order valence-electron chi connectivity index (χ0n) is 9.30. The van der Waals surface area contributed by atoms with Gasteiger partial charge in [0.05, 0.1) is 0 Å². The summed E-state index contributed by atoms with van der Waals surface area (Å²) in [5.74, 6) is 0.370. The molecule has 1 fully saturated rings. The average Bonchev–Trinajstić information content (AvgIpc) is 2.62. The van der Waals surface area contributed by atoms with Gasteiger partial charge in [-0.2, -0.15) is 18.3 Å². The first-order chi connectivity index (χ1) is 7.97. The first-order valence-electron chi connectivity index (χ1n) is 5.58. The Morgan fingerprint density at radius 2 is 2.29 bits per heavy atom. The SMILES string of the molecule is Nc1cc(C(F)(F)F)nn1CC1CCCNC1. The first kappa shape index (κ1) is 12.2. The second-order valence-electron chi connectivity index (χ2n) is 4.35. The van der Waals surface area contributed by atoms with Gasteiger partial charge in [-0.15, -0.1) is 0 Å². The minimum atomic E-state index is -4.43. The Morgan fingerprint density at radius 1 is 1.53 bits per heavy atom. The van der Waals surface area contributed by atoms with E-state index in [0.29, 0.717) is 12.5 Å². The van der Waals surface area contributed by atoms with Crippen LogP contribution in [-0.2, 0) is 12.7 Å². The molecule has 3 N–H and O–H groups in total. The number of nitrogens with one attached hydrogen (secondary N) is 1. The number of nitrogen functional groups attached to an aromatic ring is 1. The van der Waals surface area contributed by atoms with Crippen LogP contribution in [0, 0.1) is 5.92 Å². The van der Waals surface area contributed by atoms with Crippen molar-refractivity contribution in [2.24, 2.45) is 5.92 Å². The smallest absolute Gasteiger partial charge is 0.384 e. The van der Waals surface area contributed by atoms with E-state index in [-0.39, 0.29) is 5.82 Å². The van der Waals surface area contributed by atoms with Gasteiger partial charge in [0.25, 0.3) is 0 Å². The topological polar surface area (TPSA) is 55.9 Å². The lowest BCUT2D eigenvalue weighted by molar-refractivity contribution is -0.141. The number of rotatable bonds is 2. The van der Waals surface area contributed by atoms with E-state index in [0.717, 1.165) is 32.0 Å². The van der Waals surface area contributed by atoms with Gasteiger partial charge in [-0.05, 0) is 31.8 Å². The van der Waals surface area contributed by atoms with Crippen LogP contribution >= 0.6 is 0 Å². The van der Waals surface area contributed by atoms with E-state index in [1.54, 1.807) is 0 Å². The summed E-state index contributed by atoms with van der Waals surface area (Å²) >= 11 is 0. The van der Waals surface area contributed by atoms with Crippen LogP contribution in [0.2, 0.25) is 0 Å². The van der Waals surface area contributed by atoms with E-state index in [1.165, 1.54) is 4.68 Å². The largest absolute Gasteiger partial charge is 0.435 e. The molecule has 0 amide bonds. The molecule has 0 aliphatic carbocycles. The summed E-state index contributed by atoms with van der Waals surface area (Å²) < 4.78 is 38.5. The molecule has 1 saturated heterocycles. The third-order valence-electron chi connectivity index (χ3n) is 2.93. The molecule has 96 valence electrons. The van der Waals surface area contributed by atoms with E-state index in [9.17, 15) is 13.2 Å². The third-order valence-corrected chi connectivity index (χ3v) is 2.93. The predicted molar refractivity (Wildman–Crippen MR) is 57.2 cm³/mol. The summed E-state index contributed by atoms with van der Waals surface area (Å²) in [6.45, 7) is 2.22. The fourth-order valence-corrected chi connectivity index (χ4v) is 2.04. The number of aromatic nitrogens is 2. The van der Waals surface area contributed by atoms with Crippen LogP contribution in [0.3, 0.4) is 0 Å². The van der Waals surface area contributed by atoms with Gasteiger partial charge in [-0.25, -0.2) is 4.68 Å². The first-order valence-corrected chi connectivity index (χ1v) is 5.58. The van der Waals surface area contributed by atoms with Crippen molar-refractivity contribution in [2.75, 3.05) is 18.8 Å². The van der Waals surface area contributed by atoms with E-state index >= 15 is 0 Å². The van der Waals surface area contributed by atoms with Crippen molar-refractivity contribution in [3.63, 3.8) is 0 Å². The maximum Gasteiger partial charge on any atom is 0.435 e. The van der Waals surface area contributed by atoms with Crippen molar-refractivity contribution in [2.45, 2.75) is 25.6 Å². The molecular formula is C10H15F3N4. The molecule has 4 nitrogen and oxygen atoms in total. The maximum atomic E-state index is 12.4. The molecule has 0 saturated carbocycles. The van der Waals surface area contributed by atoms with Gasteiger partial charge in [0.15, 0.2) is 5.69 Å². The third kappa shape index (κ3) is 2.91. The Bertz CT molecular complexity index is 379. The number of hydrogen-bond acceptors (Lipinski definition) is 3. The van der Waals surface area contributed by atoms with Gasteiger partial charge < -0.3 is 11.1 Å².